The minimum atomic E-state index is -0.430. The Labute approximate surface area is 218 Å². The first-order valence-corrected chi connectivity index (χ1v) is 12.9. The largest absolute Gasteiger partial charge is 0.493 e. The quantitative estimate of drug-likeness (QED) is 0.235. The molecule has 2 aromatic carbocycles. The molecule has 0 saturated carbocycles. The molecular formula is C28H36ClFN4O2. The molecule has 1 aliphatic heterocycles. The normalized spacial score (nSPS) is 14.9. The highest BCUT2D eigenvalue weighted by atomic mass is 35.5. The van der Waals surface area contributed by atoms with Crippen LogP contribution in [0, 0.1) is 11.7 Å². The smallest absolute Gasteiger partial charge is 0.256 e. The van der Waals surface area contributed by atoms with Gasteiger partial charge >= 0.3 is 0 Å². The van der Waals surface area contributed by atoms with Crippen molar-refractivity contribution in [3.8, 4) is 5.75 Å². The third kappa shape index (κ3) is 8.64. The molecule has 1 fully saturated rings. The Bertz CT molecular complexity index is 1080. The van der Waals surface area contributed by atoms with Gasteiger partial charge in [0.05, 0.1) is 13.2 Å². The average molecular weight is 515 g/mol. The fourth-order valence-electron chi connectivity index (χ4n) is 3.92. The van der Waals surface area contributed by atoms with Crippen molar-refractivity contribution in [1.29, 1.82) is 0 Å². The fourth-order valence-corrected chi connectivity index (χ4v) is 4.12. The summed E-state index contributed by atoms with van der Waals surface area (Å²) in [4.78, 5) is 15.0. The van der Waals surface area contributed by atoms with Crippen molar-refractivity contribution < 1.29 is 13.9 Å². The molecule has 8 heteroatoms. The van der Waals surface area contributed by atoms with Crippen LogP contribution in [-0.4, -0.2) is 36.3 Å². The van der Waals surface area contributed by atoms with Crippen LogP contribution in [-0.2, 0) is 13.1 Å². The number of amides is 1. The van der Waals surface area contributed by atoms with Crippen molar-refractivity contribution in [2.24, 2.45) is 11.0 Å². The molecule has 1 heterocycles. The van der Waals surface area contributed by atoms with Gasteiger partial charge in [-0.15, -0.1) is 0 Å². The lowest BCUT2D eigenvalue weighted by Crippen LogP contribution is -2.31. The van der Waals surface area contributed by atoms with Gasteiger partial charge in [-0.1, -0.05) is 44.0 Å². The van der Waals surface area contributed by atoms with E-state index < -0.39 is 5.91 Å². The van der Waals surface area contributed by atoms with Gasteiger partial charge in [0.1, 0.15) is 11.6 Å². The van der Waals surface area contributed by atoms with Crippen molar-refractivity contribution in [3.05, 3.63) is 76.1 Å². The number of amidine groups is 1. The Morgan fingerprint density at radius 2 is 1.94 bits per heavy atom. The summed E-state index contributed by atoms with van der Waals surface area (Å²) in [5, 5.41) is 7.65. The zero-order chi connectivity index (χ0) is 25.9. The molecule has 2 N–H and O–H groups in total. The minimum Gasteiger partial charge on any atom is -0.493 e. The summed E-state index contributed by atoms with van der Waals surface area (Å²) in [5.41, 5.74) is 4.67. The molecule has 0 spiro atoms. The average Bonchev–Trinajstić information content (AvgIpc) is 2.85. The number of piperidine rings is 1. The summed E-state index contributed by atoms with van der Waals surface area (Å²) in [6, 6.07) is 10.1. The molecule has 2 aromatic rings. The minimum absolute atomic E-state index is 0.242. The summed E-state index contributed by atoms with van der Waals surface area (Å²) in [6.45, 7) is 9.46. The van der Waals surface area contributed by atoms with E-state index in [1.807, 2.05) is 19.1 Å². The van der Waals surface area contributed by atoms with E-state index in [9.17, 15) is 9.18 Å². The highest BCUT2D eigenvalue weighted by Gasteiger charge is 2.15. The number of likely N-dealkylation sites (tertiary alicyclic amines) is 1. The van der Waals surface area contributed by atoms with E-state index in [1.165, 1.54) is 12.5 Å². The zero-order valence-corrected chi connectivity index (χ0v) is 22.1. The van der Waals surface area contributed by atoms with Crippen molar-refractivity contribution in [2.75, 3.05) is 19.7 Å². The topological polar surface area (TPSA) is 66.0 Å². The second kappa shape index (κ2) is 14.0. The van der Waals surface area contributed by atoms with Gasteiger partial charge in [0.25, 0.3) is 5.91 Å². The Balaban J connectivity index is 1.63. The number of hydrazone groups is 1. The molecular weight excluding hydrogens is 479 g/mol. The predicted molar refractivity (Wildman–Crippen MR) is 144 cm³/mol. The molecule has 1 saturated heterocycles. The SMILES string of the molecule is C/C=C/C(=N\NCc1cc(Cl)ccc1OCC(C)C)NC(=O)c1ccc(CN2CCCCC2)c(F)c1. The molecule has 0 aromatic heterocycles. The number of rotatable bonds is 10. The fraction of sp³-hybridized carbons (Fsp3) is 0.429. The van der Waals surface area contributed by atoms with E-state index in [1.54, 1.807) is 30.4 Å². The van der Waals surface area contributed by atoms with Gasteiger partial charge in [-0.2, -0.15) is 5.10 Å². The number of benzene rings is 2. The van der Waals surface area contributed by atoms with E-state index in [0.29, 0.717) is 42.0 Å². The molecule has 6 nitrogen and oxygen atoms in total. The molecule has 0 aliphatic carbocycles. The van der Waals surface area contributed by atoms with Gasteiger partial charge in [0, 0.05) is 28.3 Å². The number of carbonyl (C=O) groups excluding carboxylic acids is 1. The highest BCUT2D eigenvalue weighted by molar-refractivity contribution is 6.30. The van der Waals surface area contributed by atoms with Crippen molar-refractivity contribution >= 4 is 23.3 Å². The first kappa shape index (κ1) is 27.7. The van der Waals surface area contributed by atoms with E-state index in [0.717, 1.165) is 37.2 Å². The number of halogens is 2. The maximum absolute atomic E-state index is 14.7. The van der Waals surface area contributed by atoms with Crippen LogP contribution in [0.15, 0.2) is 53.7 Å². The van der Waals surface area contributed by atoms with Gasteiger partial charge in [-0.05, 0) is 75.2 Å². The molecule has 36 heavy (non-hydrogen) atoms. The predicted octanol–water partition coefficient (Wildman–Crippen LogP) is 5.91. The lowest BCUT2D eigenvalue weighted by Gasteiger charge is -2.26. The van der Waals surface area contributed by atoms with E-state index >= 15 is 0 Å². The number of nitrogens with one attached hydrogen (secondary N) is 2. The monoisotopic (exact) mass is 514 g/mol. The number of allylic oxidation sites excluding steroid dienone is 1. The number of carbonyl (C=O) groups is 1. The van der Waals surface area contributed by atoms with Crippen LogP contribution in [0.3, 0.4) is 0 Å². The van der Waals surface area contributed by atoms with Gasteiger partial charge in [-0.25, -0.2) is 4.39 Å². The zero-order valence-electron chi connectivity index (χ0n) is 21.3. The summed E-state index contributed by atoms with van der Waals surface area (Å²) >= 11 is 6.17. The number of hydrogen-bond donors (Lipinski definition) is 2. The molecule has 0 atom stereocenters. The summed E-state index contributed by atoms with van der Waals surface area (Å²) in [6.07, 6.45) is 6.95. The molecule has 194 valence electrons. The van der Waals surface area contributed by atoms with E-state index in [4.69, 9.17) is 16.3 Å². The van der Waals surface area contributed by atoms with Gasteiger partial charge in [0.15, 0.2) is 5.84 Å². The van der Waals surface area contributed by atoms with Crippen LogP contribution in [0.25, 0.3) is 0 Å². The number of ether oxygens (including phenoxy) is 1. The third-order valence-electron chi connectivity index (χ3n) is 5.79. The molecule has 0 radical (unpaired) electrons. The maximum atomic E-state index is 14.7. The van der Waals surface area contributed by atoms with E-state index in [2.05, 4.69) is 34.6 Å². The van der Waals surface area contributed by atoms with Gasteiger partial charge in [0.2, 0.25) is 0 Å². The lowest BCUT2D eigenvalue weighted by atomic mass is 10.1. The molecule has 3 rings (SSSR count). The Hall–Kier alpha value is -2.90. The maximum Gasteiger partial charge on any atom is 0.256 e. The molecule has 0 unspecified atom stereocenters. The third-order valence-corrected chi connectivity index (χ3v) is 6.02. The van der Waals surface area contributed by atoms with Crippen LogP contribution in [0.5, 0.6) is 5.75 Å². The molecule has 1 amide bonds. The Morgan fingerprint density at radius 1 is 1.17 bits per heavy atom. The second-order valence-electron chi connectivity index (χ2n) is 9.39. The van der Waals surface area contributed by atoms with Crippen molar-refractivity contribution in [1.82, 2.24) is 15.6 Å². The highest BCUT2D eigenvalue weighted by Crippen LogP contribution is 2.23. The summed E-state index contributed by atoms with van der Waals surface area (Å²) in [5.74, 6) is 0.630. The van der Waals surface area contributed by atoms with Crippen molar-refractivity contribution in [2.45, 2.75) is 53.1 Å². The summed E-state index contributed by atoms with van der Waals surface area (Å²) in [7, 11) is 0. The molecule has 0 bridgehead atoms. The number of nitrogens with zero attached hydrogens (tertiary/aromatic N) is 2. The lowest BCUT2D eigenvalue weighted by molar-refractivity contribution is 0.0976. The first-order chi connectivity index (χ1) is 17.4. The summed E-state index contributed by atoms with van der Waals surface area (Å²) < 4.78 is 20.6. The second-order valence-corrected chi connectivity index (χ2v) is 9.82. The van der Waals surface area contributed by atoms with Crippen LogP contribution in [0.4, 0.5) is 4.39 Å². The molecule has 1 aliphatic rings. The van der Waals surface area contributed by atoms with Crippen LogP contribution < -0.4 is 15.5 Å². The number of hydrogen-bond acceptors (Lipinski definition) is 5. The van der Waals surface area contributed by atoms with Crippen LogP contribution >= 0.6 is 11.6 Å². The van der Waals surface area contributed by atoms with E-state index in [-0.39, 0.29) is 11.4 Å². The van der Waals surface area contributed by atoms with Crippen LogP contribution in [0.2, 0.25) is 5.02 Å². The van der Waals surface area contributed by atoms with Crippen LogP contribution in [0.1, 0.15) is 61.5 Å². The van der Waals surface area contributed by atoms with Gasteiger partial charge in [-0.3, -0.25) is 9.69 Å². The van der Waals surface area contributed by atoms with Gasteiger partial charge < -0.3 is 15.5 Å². The van der Waals surface area contributed by atoms with Crippen molar-refractivity contribution in [3.63, 3.8) is 0 Å². The Morgan fingerprint density at radius 3 is 2.64 bits per heavy atom. The Kier molecular flexibility index (Phi) is 10.8. The first-order valence-electron chi connectivity index (χ1n) is 12.5. The standard InChI is InChI=1S/C28H36ClFN4O2/c1-4-8-27(33-31-17-23-15-24(29)11-12-26(23)36-19-20(2)3)32-28(35)21-9-10-22(25(30)16-21)18-34-13-6-5-7-14-34/h4,8-12,15-16,20,31H,5-7,13-14,17-19H2,1-3H3,(H,32,33,35)/b8-4+.